The Morgan fingerprint density at radius 1 is 0.477 bits per heavy atom. The second-order valence-electron chi connectivity index (χ2n) is 12.7. The summed E-state index contributed by atoms with van der Waals surface area (Å²) in [6.07, 6.45) is 0. The first-order valence-electron chi connectivity index (χ1n) is 14.6. The monoisotopic (exact) mass is 703 g/mol. The van der Waals surface area contributed by atoms with Crippen molar-refractivity contribution >= 4 is 40.7 Å². The molecule has 8 heteroatoms. The van der Waals surface area contributed by atoms with Crippen LogP contribution in [0.2, 0.25) is 3.34 Å². The molecule has 0 bridgehead atoms. The smallest absolute Gasteiger partial charge is 1.00 e. The standard InChI is InChI=1S/C36H48N3Si.3ClH.Ti/c1-23-14-17-30(37(8)9)20-33(23)40(36-28(6)26(4)27(5)29(36)7,34-21-31(38(10)11)18-15-24(34)2)35-22-32(39(12)13)19-16-25(35)3;;;;/h14-22H,1-13H3;3*1H;/q;;;;+3/p-3. The summed E-state index contributed by atoms with van der Waals surface area (Å²) >= 11 is 2.58. The summed E-state index contributed by atoms with van der Waals surface area (Å²) in [6.45, 7) is 16.5. The van der Waals surface area contributed by atoms with Gasteiger partial charge in [-0.05, 0) is 0 Å². The number of hydrogen-bond donors (Lipinski definition) is 0. The molecule has 1 aliphatic rings. The van der Waals surface area contributed by atoms with Gasteiger partial charge in [0.05, 0.1) is 0 Å². The SMILES string of the molecule is CC1=C(C)[C]([Ti+3])([Si](c2cc(N(C)C)ccc2C)(c2cc(N(C)C)ccc2C)c2cc(N(C)C)ccc2C)C(C)=C1C.[Cl-].[Cl-].[Cl-]. The molecule has 0 saturated heterocycles. The predicted molar refractivity (Wildman–Crippen MR) is 181 cm³/mol. The third kappa shape index (κ3) is 6.20. The van der Waals surface area contributed by atoms with Gasteiger partial charge in [-0.25, -0.2) is 0 Å². The molecule has 3 aromatic rings. The number of hydrogen-bond acceptors (Lipinski definition) is 3. The van der Waals surface area contributed by atoms with Crippen molar-refractivity contribution in [2.45, 2.75) is 51.8 Å². The molecule has 0 fully saturated rings. The van der Waals surface area contributed by atoms with Crippen LogP contribution in [0.15, 0.2) is 76.9 Å². The van der Waals surface area contributed by atoms with E-state index in [9.17, 15) is 0 Å². The Labute approximate surface area is 298 Å². The number of allylic oxidation sites excluding steroid dienone is 4. The first-order valence-corrected chi connectivity index (χ1v) is 17.3. The van der Waals surface area contributed by atoms with E-state index < -0.39 is 8.07 Å². The van der Waals surface area contributed by atoms with Crippen LogP contribution in [0.1, 0.15) is 44.4 Å². The number of rotatable bonds is 7. The van der Waals surface area contributed by atoms with Crippen molar-refractivity contribution in [1.82, 2.24) is 0 Å². The molecule has 0 amide bonds. The number of anilines is 3. The van der Waals surface area contributed by atoms with E-state index in [4.69, 9.17) is 0 Å². The van der Waals surface area contributed by atoms with Gasteiger partial charge >= 0.3 is 264 Å². The first-order chi connectivity index (χ1) is 19.1. The minimum atomic E-state index is -2.89. The molecule has 0 spiro atoms. The van der Waals surface area contributed by atoms with Gasteiger partial charge in [-0.15, -0.1) is 0 Å². The zero-order valence-corrected chi connectivity index (χ0v) is 33.5. The third-order valence-corrected chi connectivity index (χ3v) is 18.6. The topological polar surface area (TPSA) is 9.72 Å². The van der Waals surface area contributed by atoms with Gasteiger partial charge in [0.15, 0.2) is 0 Å². The fourth-order valence-corrected chi connectivity index (χ4v) is 16.1. The summed E-state index contributed by atoms with van der Waals surface area (Å²) in [5.74, 6) is 0. The van der Waals surface area contributed by atoms with Gasteiger partial charge in [-0.3, -0.25) is 0 Å². The molecule has 0 atom stereocenters. The molecule has 3 nitrogen and oxygen atoms in total. The van der Waals surface area contributed by atoms with E-state index in [1.54, 1.807) is 0 Å². The Morgan fingerprint density at radius 3 is 0.955 bits per heavy atom. The molecule has 3 aromatic carbocycles. The van der Waals surface area contributed by atoms with E-state index in [0.29, 0.717) is 0 Å². The molecule has 44 heavy (non-hydrogen) atoms. The van der Waals surface area contributed by atoms with Crippen LogP contribution in [0.3, 0.4) is 0 Å². The van der Waals surface area contributed by atoms with Crippen LogP contribution in [0.25, 0.3) is 0 Å². The molecule has 0 N–H and O–H groups in total. The van der Waals surface area contributed by atoms with E-state index in [1.165, 1.54) is 71.6 Å². The number of aryl methyl sites for hydroxylation is 3. The number of halogens is 3. The zero-order valence-electron chi connectivity index (χ0n) is 28.7. The van der Waals surface area contributed by atoms with Crippen LogP contribution in [0.5, 0.6) is 0 Å². The molecule has 0 aliphatic heterocycles. The molecule has 1 aliphatic carbocycles. The van der Waals surface area contributed by atoms with Crippen LogP contribution >= 0.6 is 0 Å². The Bertz CT molecular complexity index is 1410. The van der Waals surface area contributed by atoms with Crippen LogP contribution in [0, 0.1) is 20.8 Å². The predicted octanol–water partition coefficient (Wildman–Crippen LogP) is -2.78. The molecule has 236 valence electrons. The second kappa shape index (κ2) is 14.8. The summed E-state index contributed by atoms with van der Waals surface area (Å²) in [7, 11) is 10.1. The van der Waals surface area contributed by atoms with Crippen molar-refractivity contribution in [3.8, 4) is 0 Å². The normalized spacial score (nSPS) is 14.1. The minimum absolute atomic E-state index is 0. The van der Waals surface area contributed by atoms with E-state index in [0.717, 1.165) is 0 Å². The maximum absolute atomic E-state index is 2.89. The summed E-state index contributed by atoms with van der Waals surface area (Å²) in [5.41, 5.74) is 13.8. The van der Waals surface area contributed by atoms with E-state index in [2.05, 4.69) is 180 Å². The van der Waals surface area contributed by atoms with E-state index in [1.807, 2.05) is 0 Å². The molecule has 0 unspecified atom stereocenters. The van der Waals surface area contributed by atoms with Gasteiger partial charge in [0.1, 0.15) is 0 Å². The van der Waals surface area contributed by atoms with Crippen molar-refractivity contribution in [2.75, 3.05) is 57.0 Å². The van der Waals surface area contributed by atoms with Crippen LogP contribution < -0.4 is 67.5 Å². The third-order valence-electron chi connectivity index (χ3n) is 9.80. The van der Waals surface area contributed by atoms with Crippen molar-refractivity contribution in [3.05, 3.63) is 93.6 Å². The van der Waals surface area contributed by atoms with E-state index >= 15 is 0 Å². The number of benzene rings is 3. The van der Waals surface area contributed by atoms with E-state index in [-0.39, 0.29) is 40.6 Å². The number of nitrogens with zero attached hydrogens (tertiary/aromatic N) is 3. The van der Waals surface area contributed by atoms with Crippen molar-refractivity contribution in [2.24, 2.45) is 0 Å². The van der Waals surface area contributed by atoms with Crippen molar-refractivity contribution in [3.63, 3.8) is 0 Å². The van der Waals surface area contributed by atoms with Gasteiger partial charge < -0.3 is 37.2 Å². The average Bonchev–Trinajstić information content (AvgIpc) is 3.07. The molecule has 0 heterocycles. The maximum Gasteiger partial charge on any atom is -1.00 e. The summed E-state index contributed by atoms with van der Waals surface area (Å²) in [6, 6.07) is 21.5. The Kier molecular flexibility index (Phi) is 13.6. The fraction of sp³-hybridized carbons (Fsp3) is 0.389. The van der Waals surface area contributed by atoms with Gasteiger partial charge in [0.2, 0.25) is 0 Å². The summed E-state index contributed by atoms with van der Waals surface area (Å²) in [5, 5.41) is 4.52. The minimum Gasteiger partial charge on any atom is -1.00 e. The molecule has 4 rings (SSSR count). The van der Waals surface area contributed by atoms with Crippen LogP contribution in [0.4, 0.5) is 17.1 Å². The van der Waals surface area contributed by atoms with Crippen molar-refractivity contribution < 1.29 is 57.7 Å². The molecule has 0 aromatic heterocycles. The quantitative estimate of drug-likeness (QED) is 0.195. The zero-order chi connectivity index (χ0) is 30.6. The molecule has 0 saturated carbocycles. The summed E-state index contributed by atoms with van der Waals surface area (Å²) in [4.78, 5) is 6.77. The van der Waals surface area contributed by atoms with Crippen molar-refractivity contribution in [1.29, 1.82) is 0 Å². The molecule has 0 radical (unpaired) electrons. The first kappa shape index (κ1) is 40.4. The van der Waals surface area contributed by atoms with Gasteiger partial charge in [-0.1, -0.05) is 0 Å². The largest absolute Gasteiger partial charge is 1.00 e. The Balaban J connectivity index is 0.00000323. The Morgan fingerprint density at radius 2 is 0.727 bits per heavy atom. The molecular formula is C36H48Cl3N3SiTi. The van der Waals surface area contributed by atoms with Gasteiger partial charge in [-0.2, -0.15) is 0 Å². The van der Waals surface area contributed by atoms with Gasteiger partial charge in [0, 0.05) is 0 Å². The van der Waals surface area contributed by atoms with Crippen LogP contribution in [-0.4, -0.2) is 50.4 Å². The van der Waals surface area contributed by atoms with Gasteiger partial charge in [0.25, 0.3) is 0 Å². The summed E-state index contributed by atoms with van der Waals surface area (Å²) < 4.78 is -0.164. The average molecular weight is 705 g/mol. The fourth-order valence-electron chi connectivity index (χ4n) is 6.89. The van der Waals surface area contributed by atoms with Crippen LogP contribution in [-0.2, 0) is 20.4 Å². The molecular weight excluding hydrogens is 657 g/mol. The Hall–Kier alpha value is -1.66. The second-order valence-corrected chi connectivity index (χ2v) is 18.5. The maximum atomic E-state index is 2.58.